The van der Waals surface area contributed by atoms with Gasteiger partial charge >= 0.3 is 0 Å². The summed E-state index contributed by atoms with van der Waals surface area (Å²) in [7, 11) is 1.47. The van der Waals surface area contributed by atoms with Crippen LogP contribution in [-0.4, -0.2) is 23.3 Å². The van der Waals surface area contributed by atoms with Crippen LogP contribution in [0.2, 0.25) is 0 Å². The van der Waals surface area contributed by atoms with E-state index in [1.165, 1.54) is 37.4 Å². The van der Waals surface area contributed by atoms with Crippen LogP contribution in [0, 0.1) is 11.0 Å². The van der Waals surface area contributed by atoms with E-state index in [1.807, 2.05) is 0 Å². The van der Waals surface area contributed by atoms with Gasteiger partial charge in [0, 0.05) is 0 Å². The lowest BCUT2D eigenvalue weighted by molar-refractivity contribution is -0.355. The van der Waals surface area contributed by atoms with Crippen molar-refractivity contribution in [2.45, 2.75) is 0 Å². The van der Waals surface area contributed by atoms with Gasteiger partial charge in [-0.3, -0.25) is 4.79 Å². The Morgan fingerprint density at radius 3 is 2.60 bits per heavy atom. The van der Waals surface area contributed by atoms with Gasteiger partial charge in [-0.25, -0.2) is 4.39 Å². The topological polar surface area (TPSA) is 52.4 Å². The molecule has 0 aliphatic carbocycles. The van der Waals surface area contributed by atoms with Crippen molar-refractivity contribution in [3.63, 3.8) is 0 Å². The van der Waals surface area contributed by atoms with Crippen molar-refractivity contribution in [1.29, 1.82) is 0 Å². The fourth-order valence-electron chi connectivity index (χ4n) is 2.22. The first-order chi connectivity index (χ1) is 9.63. The predicted molar refractivity (Wildman–Crippen MR) is 71.1 cm³/mol. The molecule has 1 aliphatic rings. The number of carbonyl (C=O) groups is 1. The molecule has 0 aromatic heterocycles. The Labute approximate surface area is 114 Å². The number of carbonyl (C=O) groups excluding carboxylic acids is 1. The van der Waals surface area contributed by atoms with Gasteiger partial charge in [-0.15, -0.1) is 0 Å². The molecule has 0 radical (unpaired) electrons. The predicted octanol–water partition coefficient (Wildman–Crippen LogP) is 2.66. The quantitative estimate of drug-likeness (QED) is 0.623. The molecular weight excluding hydrogens is 261 g/mol. The van der Waals surface area contributed by atoms with Gasteiger partial charge in [-0.1, -0.05) is 12.1 Å². The first-order valence-corrected chi connectivity index (χ1v) is 5.95. The van der Waals surface area contributed by atoms with Crippen LogP contribution in [0.25, 0.3) is 0 Å². The smallest absolute Gasteiger partial charge is 0.275 e. The highest BCUT2D eigenvalue weighted by atomic mass is 19.1. The number of hydrogen-bond acceptors (Lipinski definition) is 3. The summed E-state index contributed by atoms with van der Waals surface area (Å²) >= 11 is 0. The standard InChI is InChI=1S/C15H10FNO3/c1-20-9-6-7-11-13(8-9)17(19)14(15(11)18)10-4-2-3-5-12(10)16/h2-8H,1H3. The largest absolute Gasteiger partial charge is 0.618 e. The molecule has 3 rings (SSSR count). The number of nitrogens with zero attached hydrogens (tertiary/aromatic N) is 1. The van der Waals surface area contributed by atoms with Crippen LogP contribution in [-0.2, 0) is 0 Å². The average Bonchev–Trinajstić information content (AvgIpc) is 2.71. The second-order valence-electron chi connectivity index (χ2n) is 4.34. The number of ether oxygens (including phenoxy) is 1. The molecule has 5 heteroatoms. The molecule has 0 atom stereocenters. The Kier molecular flexibility index (Phi) is 2.75. The molecule has 0 unspecified atom stereocenters. The van der Waals surface area contributed by atoms with Crippen molar-refractivity contribution in [2.75, 3.05) is 7.11 Å². The van der Waals surface area contributed by atoms with E-state index in [1.54, 1.807) is 12.1 Å². The van der Waals surface area contributed by atoms with Gasteiger partial charge in [0.25, 0.3) is 11.5 Å². The summed E-state index contributed by atoms with van der Waals surface area (Å²) in [4.78, 5) is 12.3. The lowest BCUT2D eigenvalue weighted by Gasteiger charge is -2.04. The van der Waals surface area contributed by atoms with Gasteiger partial charge in [0.15, 0.2) is 0 Å². The Bertz CT molecular complexity index is 753. The second kappa shape index (κ2) is 4.45. The monoisotopic (exact) mass is 271 g/mol. The lowest BCUT2D eigenvalue weighted by Crippen LogP contribution is -2.18. The van der Waals surface area contributed by atoms with E-state index < -0.39 is 11.6 Å². The molecule has 0 saturated carbocycles. The van der Waals surface area contributed by atoms with Crippen LogP contribution < -0.4 is 4.74 Å². The number of ketones is 1. The molecule has 0 saturated heterocycles. The number of rotatable bonds is 2. The van der Waals surface area contributed by atoms with Crippen molar-refractivity contribution in [2.24, 2.45) is 0 Å². The number of methoxy groups -OCH3 is 1. The van der Waals surface area contributed by atoms with Crippen molar-refractivity contribution in [3.8, 4) is 5.75 Å². The Balaban J connectivity index is 2.21. The zero-order valence-electron chi connectivity index (χ0n) is 10.6. The first-order valence-electron chi connectivity index (χ1n) is 5.95. The van der Waals surface area contributed by atoms with Gasteiger partial charge in [0.1, 0.15) is 17.1 Å². The highest BCUT2D eigenvalue weighted by Gasteiger charge is 2.38. The molecule has 0 spiro atoms. The summed E-state index contributed by atoms with van der Waals surface area (Å²) in [5, 5.41) is 12.3. The van der Waals surface area contributed by atoms with Crippen LogP contribution in [0.15, 0.2) is 42.5 Å². The summed E-state index contributed by atoms with van der Waals surface area (Å²) in [5.74, 6) is -0.619. The van der Waals surface area contributed by atoms with Gasteiger partial charge in [0.05, 0.1) is 18.7 Å². The number of Topliss-reactive ketones (excluding diaryl/α,β-unsaturated/α-hetero) is 1. The third-order valence-corrected chi connectivity index (χ3v) is 3.22. The van der Waals surface area contributed by atoms with Gasteiger partial charge in [0.2, 0.25) is 5.69 Å². The van der Waals surface area contributed by atoms with E-state index in [0.29, 0.717) is 10.5 Å². The van der Waals surface area contributed by atoms with Crippen LogP contribution >= 0.6 is 0 Å². The summed E-state index contributed by atoms with van der Waals surface area (Å²) in [6.45, 7) is 0. The molecule has 1 aliphatic heterocycles. The summed E-state index contributed by atoms with van der Waals surface area (Å²) in [5.41, 5.74) is 0.223. The van der Waals surface area contributed by atoms with Crippen molar-refractivity contribution in [1.82, 2.24) is 0 Å². The van der Waals surface area contributed by atoms with E-state index in [4.69, 9.17) is 4.74 Å². The number of benzene rings is 2. The summed E-state index contributed by atoms with van der Waals surface area (Å²) in [6.07, 6.45) is 0. The van der Waals surface area contributed by atoms with Crippen LogP contribution in [0.1, 0.15) is 15.9 Å². The van der Waals surface area contributed by atoms with E-state index in [9.17, 15) is 14.4 Å². The third kappa shape index (κ3) is 1.67. The number of fused-ring (bicyclic) bond motifs is 1. The number of halogens is 1. The maximum Gasteiger partial charge on any atom is 0.275 e. The minimum atomic E-state index is -0.600. The van der Waals surface area contributed by atoms with Crippen molar-refractivity contribution >= 4 is 17.2 Å². The molecule has 4 nitrogen and oxygen atoms in total. The third-order valence-electron chi connectivity index (χ3n) is 3.22. The fraction of sp³-hybridized carbons (Fsp3) is 0.0667. The Hall–Kier alpha value is -2.69. The van der Waals surface area contributed by atoms with Gasteiger partial charge in [-0.2, -0.15) is 4.74 Å². The van der Waals surface area contributed by atoms with Gasteiger partial charge < -0.3 is 9.94 Å². The highest BCUT2D eigenvalue weighted by molar-refractivity contribution is 6.52. The van der Waals surface area contributed by atoms with Crippen LogP contribution in [0.4, 0.5) is 10.1 Å². The van der Waals surface area contributed by atoms with Crippen LogP contribution in [0.5, 0.6) is 5.75 Å². The molecule has 100 valence electrons. The molecule has 0 N–H and O–H groups in total. The van der Waals surface area contributed by atoms with E-state index in [-0.39, 0.29) is 22.5 Å². The summed E-state index contributed by atoms with van der Waals surface area (Å²) in [6, 6.07) is 10.3. The zero-order chi connectivity index (χ0) is 14.3. The molecule has 1 heterocycles. The Morgan fingerprint density at radius 1 is 1.15 bits per heavy atom. The second-order valence-corrected chi connectivity index (χ2v) is 4.34. The maximum atomic E-state index is 13.8. The van der Waals surface area contributed by atoms with Gasteiger partial charge in [-0.05, 0) is 24.3 Å². The molecule has 2 aromatic carbocycles. The first kappa shape index (κ1) is 12.3. The average molecular weight is 271 g/mol. The lowest BCUT2D eigenvalue weighted by atomic mass is 10.0. The molecule has 0 fully saturated rings. The van der Waals surface area contributed by atoms with E-state index in [2.05, 4.69) is 0 Å². The maximum absolute atomic E-state index is 13.8. The summed E-state index contributed by atoms with van der Waals surface area (Å²) < 4.78 is 19.3. The minimum absolute atomic E-state index is 0.00247. The van der Waals surface area contributed by atoms with Crippen molar-refractivity contribution < 1.29 is 18.7 Å². The SMILES string of the molecule is COc1ccc2c(c1)[N+]([O-])=C(c1ccccc1F)C2=O. The van der Waals surface area contributed by atoms with E-state index in [0.717, 1.165) is 0 Å². The molecule has 0 bridgehead atoms. The Morgan fingerprint density at radius 2 is 1.90 bits per heavy atom. The molecular formula is C15H10FNO3. The van der Waals surface area contributed by atoms with E-state index >= 15 is 0 Å². The zero-order valence-corrected chi connectivity index (χ0v) is 10.6. The minimum Gasteiger partial charge on any atom is -0.618 e. The normalized spacial score (nSPS) is 13.6. The fourth-order valence-corrected chi connectivity index (χ4v) is 2.22. The number of hydrogen-bond donors (Lipinski definition) is 0. The van der Waals surface area contributed by atoms with Crippen LogP contribution in [0.3, 0.4) is 0 Å². The molecule has 2 aromatic rings. The van der Waals surface area contributed by atoms with Crippen molar-refractivity contribution in [3.05, 3.63) is 64.6 Å². The highest BCUT2D eigenvalue weighted by Crippen LogP contribution is 2.31. The molecule has 20 heavy (non-hydrogen) atoms. The molecule has 0 amide bonds.